The van der Waals surface area contributed by atoms with Gasteiger partial charge in [0.05, 0.1) is 20.0 Å². The Bertz CT molecular complexity index is 943. The topological polar surface area (TPSA) is 105 Å². The van der Waals surface area contributed by atoms with E-state index in [0.29, 0.717) is 25.8 Å². The molecule has 2 aromatic rings. The number of nitro groups is 1. The zero-order valence-electron chi connectivity index (χ0n) is 12.5. The van der Waals surface area contributed by atoms with E-state index in [9.17, 15) is 20.0 Å². The molecule has 0 saturated carbocycles. The van der Waals surface area contributed by atoms with Crippen molar-refractivity contribution in [2.45, 2.75) is 0 Å². The number of aromatic hydroxyl groups is 1. The third-order valence-electron chi connectivity index (χ3n) is 3.24. The molecule has 1 aliphatic heterocycles. The van der Waals surface area contributed by atoms with Crippen LogP contribution >= 0.6 is 27.7 Å². The number of carbonyl (C=O) groups is 1. The van der Waals surface area contributed by atoms with Gasteiger partial charge in [-0.25, -0.2) is 4.99 Å². The maximum atomic E-state index is 12.1. The number of phenolic OH excluding ortho intramolecular Hbond substituents is 1. The molecule has 0 aromatic heterocycles. The number of nitrogens with zero attached hydrogens (tertiary/aromatic N) is 2. The molecule has 1 saturated heterocycles. The Morgan fingerprint density at radius 3 is 2.72 bits per heavy atom. The summed E-state index contributed by atoms with van der Waals surface area (Å²) < 4.78 is 0.446. The largest absolute Gasteiger partial charge is 0.507 e. The van der Waals surface area contributed by atoms with E-state index in [1.807, 2.05) is 0 Å². The van der Waals surface area contributed by atoms with Gasteiger partial charge in [0.1, 0.15) is 5.75 Å². The number of nitrogens with one attached hydrogen (secondary N) is 1. The van der Waals surface area contributed by atoms with Crippen molar-refractivity contribution in [3.63, 3.8) is 0 Å². The molecule has 0 spiro atoms. The normalized spacial score (nSPS) is 17.1. The highest BCUT2D eigenvalue weighted by molar-refractivity contribution is 9.10. The van der Waals surface area contributed by atoms with Crippen molar-refractivity contribution in [2.24, 2.45) is 4.99 Å². The van der Waals surface area contributed by atoms with Gasteiger partial charge in [-0.1, -0.05) is 18.2 Å². The number of hydrogen-bond donors (Lipinski definition) is 2. The highest BCUT2D eigenvalue weighted by Crippen LogP contribution is 2.33. The van der Waals surface area contributed by atoms with Crippen molar-refractivity contribution >= 4 is 56.2 Å². The van der Waals surface area contributed by atoms with Gasteiger partial charge in [0, 0.05) is 17.7 Å². The van der Waals surface area contributed by atoms with Crippen LogP contribution in [0.1, 0.15) is 5.56 Å². The van der Waals surface area contributed by atoms with E-state index in [-0.39, 0.29) is 17.3 Å². The van der Waals surface area contributed by atoms with E-state index in [2.05, 4.69) is 26.2 Å². The Balaban J connectivity index is 1.86. The molecule has 3 rings (SSSR count). The van der Waals surface area contributed by atoms with Crippen LogP contribution in [0.4, 0.5) is 11.4 Å². The first kappa shape index (κ1) is 17.2. The highest BCUT2D eigenvalue weighted by atomic mass is 79.9. The minimum atomic E-state index is -0.499. The van der Waals surface area contributed by atoms with Crippen molar-refractivity contribution < 1.29 is 14.8 Å². The molecule has 0 aliphatic carbocycles. The van der Waals surface area contributed by atoms with Crippen LogP contribution in [0.5, 0.6) is 5.75 Å². The van der Waals surface area contributed by atoms with Gasteiger partial charge in [-0.05, 0) is 45.9 Å². The molecule has 0 unspecified atom stereocenters. The molecule has 0 bridgehead atoms. The number of amidine groups is 1. The first-order valence-electron chi connectivity index (χ1n) is 6.95. The molecule has 1 amide bonds. The lowest BCUT2D eigenvalue weighted by Gasteiger charge is -2.00. The van der Waals surface area contributed by atoms with Crippen LogP contribution in [0.15, 0.2) is 56.8 Å². The van der Waals surface area contributed by atoms with Gasteiger partial charge in [-0.15, -0.1) is 0 Å². The Hall–Kier alpha value is -2.65. The lowest BCUT2D eigenvalue weighted by Crippen LogP contribution is -2.19. The number of phenols is 1. The summed E-state index contributed by atoms with van der Waals surface area (Å²) in [5.41, 5.74) is 0.925. The van der Waals surface area contributed by atoms with Gasteiger partial charge in [0.15, 0.2) is 5.17 Å². The fourth-order valence-corrected chi connectivity index (χ4v) is 3.32. The summed E-state index contributed by atoms with van der Waals surface area (Å²) in [5.74, 6) is -0.253. The summed E-state index contributed by atoms with van der Waals surface area (Å²) in [6, 6.07) is 10.9. The van der Waals surface area contributed by atoms with E-state index < -0.39 is 4.92 Å². The molecule has 0 radical (unpaired) electrons. The maximum absolute atomic E-state index is 12.1. The second-order valence-electron chi connectivity index (χ2n) is 4.93. The molecular formula is C16H10BrN3O4S. The standard InChI is InChI=1S/C16H10BrN3O4S/c17-11-8-10(20(23)24)5-6-12(11)18-16-19-15(22)14(25-16)7-9-3-1-2-4-13(9)21/h1-8,21H,(H,18,19,22)/b14-7+. The lowest BCUT2D eigenvalue weighted by atomic mass is 10.2. The number of non-ortho nitro benzene ring substituents is 1. The van der Waals surface area contributed by atoms with Gasteiger partial charge >= 0.3 is 0 Å². The van der Waals surface area contributed by atoms with Crippen LogP contribution in [0.3, 0.4) is 0 Å². The van der Waals surface area contributed by atoms with E-state index in [4.69, 9.17) is 0 Å². The summed E-state index contributed by atoms with van der Waals surface area (Å²) in [6.45, 7) is 0. The van der Waals surface area contributed by atoms with Crippen molar-refractivity contribution in [1.29, 1.82) is 0 Å². The smallest absolute Gasteiger partial charge is 0.270 e. The van der Waals surface area contributed by atoms with Crippen LogP contribution in [-0.4, -0.2) is 21.1 Å². The maximum Gasteiger partial charge on any atom is 0.270 e. The van der Waals surface area contributed by atoms with E-state index in [0.717, 1.165) is 11.8 Å². The van der Waals surface area contributed by atoms with Crippen molar-refractivity contribution in [1.82, 2.24) is 5.32 Å². The van der Waals surface area contributed by atoms with Crippen LogP contribution < -0.4 is 5.32 Å². The third-order valence-corrected chi connectivity index (χ3v) is 4.78. The fourth-order valence-electron chi connectivity index (χ4n) is 2.04. The Morgan fingerprint density at radius 1 is 1.28 bits per heavy atom. The quantitative estimate of drug-likeness (QED) is 0.445. The highest BCUT2D eigenvalue weighted by Gasteiger charge is 2.24. The Morgan fingerprint density at radius 2 is 2.04 bits per heavy atom. The Labute approximate surface area is 154 Å². The van der Waals surface area contributed by atoms with Gasteiger partial charge in [-0.2, -0.15) is 0 Å². The van der Waals surface area contributed by atoms with E-state index >= 15 is 0 Å². The number of hydrogen-bond acceptors (Lipinski definition) is 6. The Kier molecular flexibility index (Phi) is 4.86. The molecule has 2 N–H and O–H groups in total. The van der Waals surface area contributed by atoms with Gasteiger partial charge in [0.25, 0.3) is 11.6 Å². The van der Waals surface area contributed by atoms with Crippen LogP contribution in [0.25, 0.3) is 6.08 Å². The first-order chi connectivity index (χ1) is 11.9. The average molecular weight is 420 g/mol. The average Bonchev–Trinajstić information content (AvgIpc) is 2.91. The molecule has 25 heavy (non-hydrogen) atoms. The SMILES string of the molecule is O=C1NC(=Nc2ccc([N+](=O)[O-])cc2Br)S/C1=C/c1ccccc1O. The number of para-hydroxylation sites is 1. The molecule has 7 nitrogen and oxygen atoms in total. The van der Waals surface area contributed by atoms with Crippen LogP contribution in [0, 0.1) is 10.1 Å². The number of rotatable bonds is 3. The predicted molar refractivity (Wildman–Crippen MR) is 99.7 cm³/mol. The monoisotopic (exact) mass is 419 g/mol. The second-order valence-corrected chi connectivity index (χ2v) is 6.82. The van der Waals surface area contributed by atoms with Crippen LogP contribution in [-0.2, 0) is 4.79 Å². The van der Waals surface area contributed by atoms with Crippen molar-refractivity contribution in [2.75, 3.05) is 0 Å². The van der Waals surface area contributed by atoms with Gasteiger partial charge < -0.3 is 10.4 Å². The number of amides is 1. The minimum absolute atomic E-state index is 0.0564. The number of thioether (sulfide) groups is 1. The molecule has 126 valence electrons. The zero-order valence-corrected chi connectivity index (χ0v) is 14.9. The van der Waals surface area contributed by atoms with Crippen molar-refractivity contribution in [3.8, 4) is 5.75 Å². The van der Waals surface area contributed by atoms with E-state index in [1.165, 1.54) is 24.3 Å². The minimum Gasteiger partial charge on any atom is -0.507 e. The first-order valence-corrected chi connectivity index (χ1v) is 8.56. The fraction of sp³-hybridized carbons (Fsp3) is 0. The third kappa shape index (κ3) is 3.89. The molecule has 1 fully saturated rings. The summed E-state index contributed by atoms with van der Waals surface area (Å²) in [7, 11) is 0. The summed E-state index contributed by atoms with van der Waals surface area (Å²) in [5, 5.41) is 23.5. The summed E-state index contributed by atoms with van der Waals surface area (Å²) in [6.07, 6.45) is 1.57. The number of benzene rings is 2. The van der Waals surface area contributed by atoms with Gasteiger partial charge in [-0.3, -0.25) is 14.9 Å². The van der Waals surface area contributed by atoms with Gasteiger partial charge in [0.2, 0.25) is 0 Å². The van der Waals surface area contributed by atoms with E-state index in [1.54, 1.807) is 24.3 Å². The van der Waals surface area contributed by atoms with Crippen molar-refractivity contribution in [3.05, 3.63) is 67.5 Å². The number of carbonyl (C=O) groups excluding carboxylic acids is 1. The zero-order chi connectivity index (χ0) is 18.0. The number of aliphatic imine (C=N–C) groups is 1. The molecule has 2 aromatic carbocycles. The molecular weight excluding hydrogens is 410 g/mol. The number of nitro benzene ring substituents is 1. The number of halogens is 1. The second kappa shape index (κ2) is 7.08. The summed E-state index contributed by atoms with van der Waals surface area (Å²) in [4.78, 5) is 27.0. The molecule has 1 aliphatic rings. The lowest BCUT2D eigenvalue weighted by molar-refractivity contribution is -0.384. The van der Waals surface area contributed by atoms with Crippen LogP contribution in [0.2, 0.25) is 0 Å². The molecule has 0 atom stereocenters. The predicted octanol–water partition coefficient (Wildman–Crippen LogP) is 3.95. The summed E-state index contributed by atoms with van der Waals surface area (Å²) >= 11 is 4.36. The molecule has 1 heterocycles. The molecule has 9 heteroatoms.